The molecule has 0 saturated carbocycles. The Balaban J connectivity index is 1.12. The number of aryl methyl sites for hydroxylation is 6. The van der Waals surface area contributed by atoms with E-state index in [-0.39, 0.29) is 0 Å². The van der Waals surface area contributed by atoms with Crippen molar-refractivity contribution in [2.24, 2.45) is 0 Å². The van der Waals surface area contributed by atoms with Crippen molar-refractivity contribution in [3.63, 3.8) is 0 Å². The molecule has 0 radical (unpaired) electrons. The second-order valence-corrected chi connectivity index (χ2v) is 10.4. The summed E-state index contributed by atoms with van der Waals surface area (Å²) in [4.78, 5) is 28.8. The molecule has 0 atom stereocenters. The van der Waals surface area contributed by atoms with E-state index in [2.05, 4.69) is 46.4 Å². The highest BCUT2D eigenvalue weighted by Gasteiger charge is 2.08. The molecule has 6 heteroatoms. The smallest absolute Gasteiger partial charge is 0.0889 e. The van der Waals surface area contributed by atoms with E-state index in [1.54, 1.807) is 0 Å². The van der Waals surface area contributed by atoms with Crippen LogP contribution in [0.3, 0.4) is 0 Å². The van der Waals surface area contributed by atoms with E-state index in [1.807, 2.05) is 86.6 Å². The highest BCUT2D eigenvalue weighted by atomic mass is 14.8. The van der Waals surface area contributed by atoms with Crippen molar-refractivity contribution in [2.75, 3.05) is 0 Å². The van der Waals surface area contributed by atoms with E-state index in [9.17, 15) is 0 Å². The molecule has 0 aliphatic carbocycles. The Morgan fingerprint density at radius 1 is 0.310 bits per heavy atom. The number of pyridine rings is 6. The molecule has 6 nitrogen and oxygen atoms in total. The van der Waals surface area contributed by atoms with Gasteiger partial charge in [-0.15, -0.1) is 0 Å². The molecule has 206 valence electrons. The van der Waals surface area contributed by atoms with Gasteiger partial charge >= 0.3 is 0 Å². The van der Waals surface area contributed by atoms with Crippen LogP contribution in [-0.4, -0.2) is 29.9 Å². The van der Waals surface area contributed by atoms with Crippen molar-refractivity contribution >= 4 is 0 Å². The third-order valence-corrected chi connectivity index (χ3v) is 7.07. The molecular weight excluding hydrogens is 516 g/mol. The molecule has 0 spiro atoms. The van der Waals surface area contributed by atoms with Crippen molar-refractivity contribution in [1.29, 1.82) is 0 Å². The van der Waals surface area contributed by atoms with Crippen LogP contribution in [0.1, 0.15) is 34.2 Å². The van der Waals surface area contributed by atoms with Crippen LogP contribution < -0.4 is 0 Å². The van der Waals surface area contributed by atoms with E-state index in [0.29, 0.717) is 0 Å². The van der Waals surface area contributed by atoms with Gasteiger partial charge in [0.15, 0.2) is 0 Å². The third kappa shape index (κ3) is 6.78. The Morgan fingerprint density at radius 3 is 0.810 bits per heavy atom. The van der Waals surface area contributed by atoms with Gasteiger partial charge in [0.05, 0.1) is 34.2 Å². The van der Waals surface area contributed by atoms with Crippen LogP contribution in [0.2, 0.25) is 0 Å². The quantitative estimate of drug-likeness (QED) is 0.189. The maximum Gasteiger partial charge on any atom is 0.0889 e. The van der Waals surface area contributed by atoms with Crippen LogP contribution >= 0.6 is 0 Å². The number of aromatic nitrogens is 6. The van der Waals surface area contributed by atoms with Gasteiger partial charge in [0.25, 0.3) is 0 Å². The Bertz CT molecular complexity index is 1700. The van der Waals surface area contributed by atoms with Gasteiger partial charge in [-0.3, -0.25) is 29.9 Å². The maximum atomic E-state index is 4.94. The van der Waals surface area contributed by atoms with Crippen LogP contribution in [0.4, 0.5) is 0 Å². The molecule has 6 aromatic rings. The molecule has 0 unspecified atom stereocenters. The lowest BCUT2D eigenvalue weighted by molar-refractivity contribution is 0.874. The summed E-state index contributed by atoms with van der Waals surface area (Å²) < 4.78 is 0. The van der Waals surface area contributed by atoms with Crippen LogP contribution in [0.15, 0.2) is 109 Å². The Hall–Kier alpha value is -5.10. The highest BCUT2D eigenvalue weighted by molar-refractivity contribution is 5.56. The number of hydrogen-bond acceptors (Lipinski definition) is 6. The van der Waals surface area contributed by atoms with Crippen LogP contribution in [-0.2, 0) is 25.7 Å². The minimum Gasteiger partial charge on any atom is -0.251 e. The van der Waals surface area contributed by atoms with E-state index in [4.69, 9.17) is 19.9 Å². The monoisotopic (exact) mass is 548 g/mol. The van der Waals surface area contributed by atoms with Crippen molar-refractivity contribution < 1.29 is 0 Å². The Kier molecular flexibility index (Phi) is 8.13. The third-order valence-electron chi connectivity index (χ3n) is 7.07. The first-order valence-electron chi connectivity index (χ1n) is 14.3. The Morgan fingerprint density at radius 2 is 0.548 bits per heavy atom. The second kappa shape index (κ2) is 12.6. The van der Waals surface area contributed by atoms with Gasteiger partial charge in [0.2, 0.25) is 0 Å². The van der Waals surface area contributed by atoms with Gasteiger partial charge in [-0.2, -0.15) is 0 Å². The molecule has 0 fully saturated rings. The topological polar surface area (TPSA) is 77.3 Å². The van der Waals surface area contributed by atoms with E-state index >= 15 is 0 Å². The first-order chi connectivity index (χ1) is 20.6. The normalized spacial score (nSPS) is 11.0. The van der Waals surface area contributed by atoms with Gasteiger partial charge in [0.1, 0.15) is 0 Å². The summed E-state index contributed by atoms with van der Waals surface area (Å²) in [7, 11) is 0. The zero-order chi connectivity index (χ0) is 28.7. The maximum absolute atomic E-state index is 4.94. The van der Waals surface area contributed by atoms with Gasteiger partial charge in [0, 0.05) is 34.2 Å². The molecule has 0 aliphatic heterocycles. The molecule has 6 rings (SSSR count). The van der Waals surface area contributed by atoms with Crippen LogP contribution in [0.5, 0.6) is 0 Å². The van der Waals surface area contributed by atoms with Crippen molar-refractivity contribution in [1.82, 2.24) is 29.9 Å². The lowest BCUT2D eigenvalue weighted by Crippen LogP contribution is -2.01. The summed E-state index contributed by atoms with van der Waals surface area (Å²) in [5.74, 6) is 0. The number of hydrogen-bond donors (Lipinski definition) is 0. The van der Waals surface area contributed by atoms with Gasteiger partial charge in [-0.1, -0.05) is 36.4 Å². The number of rotatable bonds is 9. The van der Waals surface area contributed by atoms with E-state index in [1.165, 1.54) is 0 Å². The fourth-order valence-corrected chi connectivity index (χ4v) is 4.93. The molecule has 6 heterocycles. The summed E-state index contributed by atoms with van der Waals surface area (Å²) >= 11 is 0. The second-order valence-electron chi connectivity index (χ2n) is 10.4. The lowest BCUT2D eigenvalue weighted by Gasteiger charge is -2.08. The van der Waals surface area contributed by atoms with E-state index < -0.39 is 0 Å². The minimum absolute atomic E-state index is 0.795. The highest BCUT2D eigenvalue weighted by Crippen LogP contribution is 2.20. The zero-order valence-electron chi connectivity index (χ0n) is 23.9. The summed E-state index contributed by atoms with van der Waals surface area (Å²) in [6.07, 6.45) is 3.19. The molecule has 0 bridgehead atoms. The predicted molar refractivity (Wildman–Crippen MR) is 167 cm³/mol. The molecule has 0 saturated heterocycles. The average molecular weight is 549 g/mol. The molecule has 0 aromatic carbocycles. The molecule has 42 heavy (non-hydrogen) atoms. The van der Waals surface area contributed by atoms with Crippen molar-refractivity contribution in [2.45, 2.75) is 39.5 Å². The minimum atomic E-state index is 0.795. The first kappa shape index (κ1) is 27.1. The predicted octanol–water partition coefficient (Wildman–Crippen LogP) is 7.24. The standard InChI is InChI=1S/C36H32N6/c1-25-9-3-15-31(37-25)33-17-5-11-27(39-33)21-23-29-13-7-19-35(41-29)36-20-8-14-30(42-36)24-22-28-12-6-18-34(40-28)32-16-4-10-26(2)38-32/h3-20H,21-24H2,1-2H3. The summed E-state index contributed by atoms with van der Waals surface area (Å²) in [6, 6.07) is 36.6. The molecule has 0 N–H and O–H groups in total. The summed E-state index contributed by atoms with van der Waals surface area (Å²) in [5, 5.41) is 0. The zero-order valence-corrected chi connectivity index (χ0v) is 23.9. The fourth-order valence-electron chi connectivity index (χ4n) is 4.93. The fraction of sp³-hybridized carbons (Fsp3) is 0.167. The van der Waals surface area contributed by atoms with Crippen molar-refractivity contribution in [3.8, 4) is 34.2 Å². The van der Waals surface area contributed by atoms with Crippen LogP contribution in [0, 0.1) is 13.8 Å². The largest absolute Gasteiger partial charge is 0.251 e. The summed E-state index contributed by atoms with van der Waals surface area (Å²) in [6.45, 7) is 3.99. The summed E-state index contributed by atoms with van der Waals surface area (Å²) in [5.41, 5.74) is 11.4. The lowest BCUT2D eigenvalue weighted by atomic mass is 10.1. The van der Waals surface area contributed by atoms with Gasteiger partial charge in [-0.05, 0) is 112 Å². The van der Waals surface area contributed by atoms with Gasteiger partial charge < -0.3 is 0 Å². The molecule has 6 aromatic heterocycles. The molecule has 0 amide bonds. The Labute approximate surface area is 246 Å². The number of nitrogens with zero attached hydrogens (tertiary/aromatic N) is 6. The average Bonchev–Trinajstić information content (AvgIpc) is 3.03. The first-order valence-corrected chi connectivity index (χ1v) is 14.3. The molecule has 0 aliphatic rings. The van der Waals surface area contributed by atoms with Crippen LogP contribution in [0.25, 0.3) is 34.2 Å². The van der Waals surface area contributed by atoms with Gasteiger partial charge in [-0.25, -0.2) is 0 Å². The SMILES string of the molecule is Cc1cccc(-c2cccc(CCc3cccc(-c4cccc(CCc5cccc(-c6cccc(C)n6)n5)n4)n3)n2)n1. The van der Waals surface area contributed by atoms with E-state index in [0.717, 1.165) is 94.0 Å². The molecular formula is C36H32N6. The van der Waals surface area contributed by atoms with Crippen molar-refractivity contribution in [3.05, 3.63) is 143 Å².